The average molecular weight is 230 g/mol. The van der Waals surface area contributed by atoms with E-state index in [1.807, 2.05) is 5.01 Å². The molecule has 1 fully saturated rings. The highest BCUT2D eigenvalue weighted by Crippen LogP contribution is 1.97. The second-order valence-electron chi connectivity index (χ2n) is 4.15. The third kappa shape index (κ3) is 4.44. The maximum atomic E-state index is 11.7. The molecule has 1 heterocycles. The number of nitrogens with zero attached hydrogens (tertiary/aromatic N) is 2. The number of hydrogen-bond donors (Lipinski definition) is 2. The zero-order valence-electron chi connectivity index (χ0n) is 10.1. The van der Waals surface area contributed by atoms with Crippen LogP contribution in [0.4, 0.5) is 0 Å². The van der Waals surface area contributed by atoms with E-state index in [2.05, 4.69) is 17.4 Å². The highest BCUT2D eigenvalue weighted by Gasteiger charge is 2.19. The molecule has 1 atom stereocenters. The summed E-state index contributed by atoms with van der Waals surface area (Å²) in [5, 5.41) is 1.93. The van der Waals surface area contributed by atoms with Crippen LogP contribution in [0.1, 0.15) is 6.42 Å². The first-order valence-corrected chi connectivity index (χ1v) is 5.62. The predicted molar refractivity (Wildman–Crippen MR) is 61.7 cm³/mol. The zero-order chi connectivity index (χ0) is 12.0. The summed E-state index contributed by atoms with van der Waals surface area (Å²) >= 11 is 0. The number of rotatable bonds is 5. The Bertz CT molecular complexity index is 217. The van der Waals surface area contributed by atoms with Gasteiger partial charge in [-0.25, -0.2) is 5.01 Å². The lowest BCUT2D eigenvalue weighted by atomic mass is 10.2. The summed E-state index contributed by atoms with van der Waals surface area (Å²) in [6, 6.07) is -0.486. The van der Waals surface area contributed by atoms with Crippen LogP contribution in [0, 0.1) is 0 Å². The number of carbonyl (C=O) groups excluding carboxylic acids is 1. The van der Waals surface area contributed by atoms with Crippen molar-refractivity contribution >= 4 is 5.91 Å². The van der Waals surface area contributed by atoms with Crippen molar-refractivity contribution in [2.45, 2.75) is 12.5 Å². The van der Waals surface area contributed by atoms with Crippen molar-refractivity contribution in [2.24, 2.45) is 5.73 Å². The molecule has 3 N–H and O–H groups in total. The molecule has 1 aliphatic heterocycles. The number of hydrogen-bond acceptors (Lipinski definition) is 5. The third-order valence-electron chi connectivity index (χ3n) is 2.74. The molecule has 0 saturated carbocycles. The number of piperazine rings is 1. The molecule has 6 nitrogen and oxygen atoms in total. The van der Waals surface area contributed by atoms with Gasteiger partial charge in [-0.05, 0) is 13.5 Å². The van der Waals surface area contributed by atoms with Crippen LogP contribution in [0.2, 0.25) is 0 Å². The maximum absolute atomic E-state index is 11.7. The van der Waals surface area contributed by atoms with Gasteiger partial charge in [0, 0.05) is 39.9 Å². The van der Waals surface area contributed by atoms with Crippen LogP contribution >= 0.6 is 0 Å². The Labute approximate surface area is 96.7 Å². The van der Waals surface area contributed by atoms with Crippen molar-refractivity contribution in [3.05, 3.63) is 0 Å². The fraction of sp³-hybridized carbons (Fsp3) is 0.900. The van der Waals surface area contributed by atoms with Crippen molar-refractivity contribution in [1.82, 2.24) is 15.3 Å². The molecule has 0 aliphatic carbocycles. The Morgan fingerprint density at radius 1 is 1.44 bits per heavy atom. The van der Waals surface area contributed by atoms with Gasteiger partial charge in [0.15, 0.2) is 0 Å². The van der Waals surface area contributed by atoms with Gasteiger partial charge in [-0.2, -0.15) is 0 Å². The molecule has 94 valence electrons. The van der Waals surface area contributed by atoms with Gasteiger partial charge in [-0.3, -0.25) is 10.2 Å². The number of nitrogens with two attached hydrogens (primary N) is 1. The normalized spacial score (nSPS) is 20.7. The first-order chi connectivity index (χ1) is 7.63. The lowest BCUT2D eigenvalue weighted by Crippen LogP contribution is -2.55. The van der Waals surface area contributed by atoms with E-state index in [4.69, 9.17) is 10.5 Å². The molecule has 0 radical (unpaired) electrons. The summed E-state index contributed by atoms with van der Waals surface area (Å²) in [6.45, 7) is 4.14. The van der Waals surface area contributed by atoms with E-state index in [-0.39, 0.29) is 5.91 Å². The second-order valence-corrected chi connectivity index (χ2v) is 4.15. The number of nitrogens with one attached hydrogen (secondary N) is 1. The molecule has 0 aromatic rings. The van der Waals surface area contributed by atoms with Crippen LogP contribution < -0.4 is 11.2 Å². The molecule has 1 saturated heterocycles. The molecular formula is C10H22N4O2. The molecule has 0 aromatic heterocycles. The first kappa shape index (κ1) is 13.4. The Hall–Kier alpha value is -0.690. The van der Waals surface area contributed by atoms with Gasteiger partial charge in [0.2, 0.25) is 0 Å². The number of methoxy groups -OCH3 is 1. The minimum atomic E-state index is -0.486. The standard InChI is InChI=1S/C10H22N4O2/c1-13-4-6-14(7-5-13)12-10(15)9(11)3-8-16-2/h9H,3-8,11H2,1-2H3,(H,12,15). The quantitative estimate of drug-likeness (QED) is 0.610. The number of ether oxygens (including phenoxy) is 1. The summed E-state index contributed by atoms with van der Waals surface area (Å²) in [6.07, 6.45) is 0.552. The zero-order valence-corrected chi connectivity index (χ0v) is 10.1. The SMILES string of the molecule is COCCC(N)C(=O)NN1CCN(C)CC1. The van der Waals surface area contributed by atoms with Crippen LogP contribution in [0.3, 0.4) is 0 Å². The largest absolute Gasteiger partial charge is 0.385 e. The minimum absolute atomic E-state index is 0.124. The fourth-order valence-corrected chi connectivity index (χ4v) is 1.53. The molecule has 0 bridgehead atoms. The molecule has 1 aliphatic rings. The monoisotopic (exact) mass is 230 g/mol. The van der Waals surface area contributed by atoms with E-state index in [1.165, 1.54) is 0 Å². The van der Waals surface area contributed by atoms with Crippen LogP contribution in [0.5, 0.6) is 0 Å². The Morgan fingerprint density at radius 2 is 2.06 bits per heavy atom. The highest BCUT2D eigenvalue weighted by molar-refractivity contribution is 5.80. The average Bonchev–Trinajstić information content (AvgIpc) is 2.29. The summed E-state index contributed by atoms with van der Waals surface area (Å²) < 4.78 is 4.89. The van der Waals surface area contributed by atoms with Gasteiger partial charge in [0.05, 0.1) is 6.04 Å². The summed E-state index contributed by atoms with van der Waals surface area (Å²) in [5.74, 6) is -0.124. The van der Waals surface area contributed by atoms with E-state index in [0.717, 1.165) is 26.2 Å². The van der Waals surface area contributed by atoms with Gasteiger partial charge in [0.25, 0.3) is 5.91 Å². The Balaban J connectivity index is 2.22. The second kappa shape index (κ2) is 6.80. The van der Waals surface area contributed by atoms with Gasteiger partial charge < -0.3 is 15.4 Å². The van der Waals surface area contributed by atoms with Crippen molar-refractivity contribution in [1.29, 1.82) is 0 Å². The smallest absolute Gasteiger partial charge is 0.251 e. The van der Waals surface area contributed by atoms with Crippen molar-refractivity contribution in [3.8, 4) is 0 Å². The Morgan fingerprint density at radius 3 is 2.62 bits per heavy atom. The number of carbonyl (C=O) groups is 1. The molecule has 1 amide bonds. The Kier molecular flexibility index (Phi) is 5.68. The molecule has 16 heavy (non-hydrogen) atoms. The van der Waals surface area contributed by atoms with Crippen LogP contribution in [-0.4, -0.2) is 68.8 Å². The van der Waals surface area contributed by atoms with E-state index >= 15 is 0 Å². The third-order valence-corrected chi connectivity index (χ3v) is 2.74. The van der Waals surface area contributed by atoms with E-state index in [0.29, 0.717) is 13.0 Å². The lowest BCUT2D eigenvalue weighted by Gasteiger charge is -2.32. The van der Waals surface area contributed by atoms with E-state index in [1.54, 1.807) is 7.11 Å². The maximum Gasteiger partial charge on any atom is 0.251 e. The van der Waals surface area contributed by atoms with Crippen molar-refractivity contribution < 1.29 is 9.53 Å². The topological polar surface area (TPSA) is 70.8 Å². The summed E-state index contributed by atoms with van der Waals surface area (Å²) in [7, 11) is 3.68. The van der Waals surface area contributed by atoms with E-state index < -0.39 is 6.04 Å². The summed E-state index contributed by atoms with van der Waals surface area (Å²) in [4.78, 5) is 13.9. The number of hydrazine groups is 1. The number of likely N-dealkylation sites (N-methyl/N-ethyl adjacent to an activating group) is 1. The van der Waals surface area contributed by atoms with Crippen LogP contribution in [0.15, 0.2) is 0 Å². The molecule has 0 aromatic carbocycles. The number of amides is 1. The fourth-order valence-electron chi connectivity index (χ4n) is 1.53. The highest BCUT2D eigenvalue weighted by atomic mass is 16.5. The van der Waals surface area contributed by atoms with Crippen molar-refractivity contribution in [2.75, 3.05) is 46.9 Å². The predicted octanol–water partition coefficient (Wildman–Crippen LogP) is -1.37. The first-order valence-electron chi connectivity index (χ1n) is 5.62. The minimum Gasteiger partial charge on any atom is -0.385 e. The van der Waals surface area contributed by atoms with Gasteiger partial charge in [0.1, 0.15) is 0 Å². The van der Waals surface area contributed by atoms with Gasteiger partial charge in [-0.15, -0.1) is 0 Å². The summed E-state index contributed by atoms with van der Waals surface area (Å²) in [5.41, 5.74) is 8.55. The molecule has 1 rings (SSSR count). The van der Waals surface area contributed by atoms with Crippen LogP contribution in [-0.2, 0) is 9.53 Å². The lowest BCUT2D eigenvalue weighted by molar-refractivity contribution is -0.128. The van der Waals surface area contributed by atoms with E-state index in [9.17, 15) is 4.79 Å². The van der Waals surface area contributed by atoms with Gasteiger partial charge >= 0.3 is 0 Å². The van der Waals surface area contributed by atoms with Crippen LogP contribution in [0.25, 0.3) is 0 Å². The molecule has 0 spiro atoms. The molecular weight excluding hydrogens is 208 g/mol. The van der Waals surface area contributed by atoms with Gasteiger partial charge in [-0.1, -0.05) is 0 Å². The molecule has 1 unspecified atom stereocenters. The molecule has 6 heteroatoms. The van der Waals surface area contributed by atoms with Crippen molar-refractivity contribution in [3.63, 3.8) is 0 Å².